The lowest BCUT2D eigenvalue weighted by atomic mass is 9.80. The number of hydrogen-bond donors (Lipinski definition) is 0. The van der Waals surface area contributed by atoms with Gasteiger partial charge in [0.1, 0.15) is 11.8 Å². The topological polar surface area (TPSA) is 69.7 Å². The van der Waals surface area contributed by atoms with Crippen LogP contribution in [-0.2, 0) is 23.9 Å². The van der Waals surface area contributed by atoms with E-state index in [1.54, 1.807) is 13.8 Å². The molecule has 0 spiro atoms. The second-order valence-electron chi connectivity index (χ2n) is 3.94. The fourth-order valence-corrected chi connectivity index (χ4v) is 2.01. The molecular weight excluding hydrogens is 224 g/mol. The Hall–Kier alpha value is -1.39. The van der Waals surface area contributed by atoms with Crippen molar-refractivity contribution in [3.63, 3.8) is 0 Å². The van der Waals surface area contributed by atoms with Gasteiger partial charge in [-0.05, 0) is 26.7 Å². The molecule has 0 aromatic carbocycles. The summed E-state index contributed by atoms with van der Waals surface area (Å²) in [6, 6.07) is 0. The maximum Gasteiger partial charge on any atom is 0.316 e. The number of esters is 2. The maximum absolute atomic E-state index is 12.0. The van der Waals surface area contributed by atoms with Gasteiger partial charge in [0.2, 0.25) is 0 Å². The summed E-state index contributed by atoms with van der Waals surface area (Å²) < 4.78 is 9.66. The van der Waals surface area contributed by atoms with Crippen LogP contribution in [0.4, 0.5) is 0 Å². The van der Waals surface area contributed by atoms with E-state index in [2.05, 4.69) is 0 Å². The van der Waals surface area contributed by atoms with Crippen molar-refractivity contribution in [3.8, 4) is 0 Å². The molecule has 1 fully saturated rings. The van der Waals surface area contributed by atoms with E-state index >= 15 is 0 Å². The van der Waals surface area contributed by atoms with Crippen LogP contribution in [0.1, 0.15) is 33.1 Å². The third-order valence-corrected chi connectivity index (χ3v) is 2.81. The zero-order valence-electron chi connectivity index (χ0n) is 10.2. The summed E-state index contributed by atoms with van der Waals surface area (Å²) in [6.45, 7) is 3.86. The number of Topliss-reactive ketones (excluding diaryl/α,β-unsaturated/α-hetero) is 1. The summed E-state index contributed by atoms with van der Waals surface area (Å²) in [5, 5.41) is 0. The van der Waals surface area contributed by atoms with E-state index in [4.69, 9.17) is 9.47 Å². The minimum Gasteiger partial charge on any atom is -0.465 e. The van der Waals surface area contributed by atoms with Gasteiger partial charge in [-0.2, -0.15) is 0 Å². The lowest BCUT2D eigenvalue weighted by Crippen LogP contribution is -2.39. The SMILES string of the molecule is CCOC(=O)[C@@H]1CCC[C@@H](C(=O)OCC)C1=O. The Kier molecular flexibility index (Phi) is 5.12. The summed E-state index contributed by atoms with van der Waals surface area (Å²) in [5.74, 6) is -2.98. The number of carbonyl (C=O) groups excluding carboxylic acids is 3. The van der Waals surface area contributed by atoms with E-state index in [-0.39, 0.29) is 19.0 Å². The molecule has 0 aliphatic heterocycles. The normalized spacial score (nSPS) is 24.2. The van der Waals surface area contributed by atoms with E-state index in [9.17, 15) is 14.4 Å². The Bertz CT molecular complexity index is 282. The van der Waals surface area contributed by atoms with E-state index < -0.39 is 23.8 Å². The lowest BCUT2D eigenvalue weighted by Gasteiger charge is -2.24. The third kappa shape index (κ3) is 3.28. The predicted molar refractivity (Wildman–Crippen MR) is 59.1 cm³/mol. The Balaban J connectivity index is 2.68. The average molecular weight is 242 g/mol. The Morgan fingerprint density at radius 3 is 1.82 bits per heavy atom. The number of hydrogen-bond acceptors (Lipinski definition) is 5. The van der Waals surface area contributed by atoms with Gasteiger partial charge in [-0.3, -0.25) is 14.4 Å². The van der Waals surface area contributed by atoms with Crippen molar-refractivity contribution in [2.24, 2.45) is 11.8 Å². The molecule has 0 aromatic heterocycles. The highest BCUT2D eigenvalue weighted by molar-refractivity contribution is 6.08. The van der Waals surface area contributed by atoms with Gasteiger partial charge in [-0.15, -0.1) is 0 Å². The average Bonchev–Trinajstić information content (AvgIpc) is 2.29. The first kappa shape index (κ1) is 13.7. The standard InChI is InChI=1S/C12H18O5/c1-3-16-11(14)8-6-5-7-9(10(8)13)12(15)17-4-2/h8-9H,3-7H2,1-2H3/t8-,9-/m1/s1. The van der Waals surface area contributed by atoms with Crippen molar-refractivity contribution in [2.45, 2.75) is 33.1 Å². The van der Waals surface area contributed by atoms with Gasteiger partial charge in [0.05, 0.1) is 13.2 Å². The Labute approximate surface area is 100 Å². The van der Waals surface area contributed by atoms with Crippen molar-refractivity contribution in [1.82, 2.24) is 0 Å². The molecule has 1 saturated carbocycles. The molecule has 0 amide bonds. The van der Waals surface area contributed by atoms with Gasteiger partial charge in [0.15, 0.2) is 5.78 Å². The van der Waals surface area contributed by atoms with Crippen LogP contribution in [0.25, 0.3) is 0 Å². The van der Waals surface area contributed by atoms with Crippen LogP contribution in [0.15, 0.2) is 0 Å². The lowest BCUT2D eigenvalue weighted by molar-refractivity contribution is -0.159. The van der Waals surface area contributed by atoms with Crippen LogP contribution in [0.5, 0.6) is 0 Å². The molecule has 0 bridgehead atoms. The van der Waals surface area contributed by atoms with Gasteiger partial charge in [0.25, 0.3) is 0 Å². The van der Waals surface area contributed by atoms with E-state index in [1.807, 2.05) is 0 Å². The molecular formula is C12H18O5. The third-order valence-electron chi connectivity index (χ3n) is 2.81. The highest BCUT2D eigenvalue weighted by Crippen LogP contribution is 2.27. The fourth-order valence-electron chi connectivity index (χ4n) is 2.01. The van der Waals surface area contributed by atoms with E-state index in [0.717, 1.165) is 0 Å². The summed E-state index contributed by atoms with van der Waals surface area (Å²) in [6.07, 6.45) is 1.60. The fraction of sp³-hybridized carbons (Fsp3) is 0.750. The maximum atomic E-state index is 12.0. The van der Waals surface area contributed by atoms with Gasteiger partial charge < -0.3 is 9.47 Å². The molecule has 2 atom stereocenters. The van der Waals surface area contributed by atoms with Gasteiger partial charge in [-0.1, -0.05) is 6.42 Å². The van der Waals surface area contributed by atoms with Crippen molar-refractivity contribution < 1.29 is 23.9 Å². The molecule has 5 heteroatoms. The van der Waals surface area contributed by atoms with Crippen LogP contribution in [0, 0.1) is 11.8 Å². The zero-order valence-corrected chi connectivity index (χ0v) is 10.2. The van der Waals surface area contributed by atoms with E-state index in [1.165, 1.54) is 0 Å². The van der Waals surface area contributed by atoms with Gasteiger partial charge in [0, 0.05) is 0 Å². The van der Waals surface area contributed by atoms with Crippen molar-refractivity contribution in [1.29, 1.82) is 0 Å². The van der Waals surface area contributed by atoms with E-state index in [0.29, 0.717) is 19.3 Å². The minimum absolute atomic E-state index is 0.243. The van der Waals surface area contributed by atoms with Crippen molar-refractivity contribution in [3.05, 3.63) is 0 Å². The second-order valence-corrected chi connectivity index (χ2v) is 3.94. The first-order valence-corrected chi connectivity index (χ1v) is 5.98. The molecule has 0 unspecified atom stereocenters. The van der Waals surface area contributed by atoms with Crippen molar-refractivity contribution >= 4 is 17.7 Å². The quantitative estimate of drug-likeness (QED) is 0.545. The number of carbonyl (C=O) groups is 3. The first-order chi connectivity index (χ1) is 8.11. The molecule has 0 aromatic rings. The summed E-state index contributed by atoms with van der Waals surface area (Å²) in [7, 11) is 0. The summed E-state index contributed by atoms with van der Waals surface area (Å²) in [5.41, 5.74) is 0. The minimum atomic E-state index is -0.793. The molecule has 0 saturated heterocycles. The van der Waals surface area contributed by atoms with Gasteiger partial charge in [-0.25, -0.2) is 0 Å². The largest absolute Gasteiger partial charge is 0.465 e. The highest BCUT2D eigenvalue weighted by atomic mass is 16.5. The van der Waals surface area contributed by atoms with Crippen LogP contribution in [0.2, 0.25) is 0 Å². The number of rotatable bonds is 4. The molecule has 0 radical (unpaired) electrons. The molecule has 96 valence electrons. The smallest absolute Gasteiger partial charge is 0.316 e. The Morgan fingerprint density at radius 2 is 1.47 bits per heavy atom. The second kappa shape index (κ2) is 6.37. The number of ether oxygens (including phenoxy) is 2. The van der Waals surface area contributed by atoms with Gasteiger partial charge >= 0.3 is 11.9 Å². The molecule has 1 aliphatic rings. The molecule has 5 nitrogen and oxygen atoms in total. The molecule has 17 heavy (non-hydrogen) atoms. The Morgan fingerprint density at radius 1 is 1.06 bits per heavy atom. The van der Waals surface area contributed by atoms with Crippen LogP contribution < -0.4 is 0 Å². The summed E-state index contributed by atoms with van der Waals surface area (Å²) >= 11 is 0. The molecule has 0 N–H and O–H groups in total. The van der Waals surface area contributed by atoms with Crippen LogP contribution >= 0.6 is 0 Å². The first-order valence-electron chi connectivity index (χ1n) is 5.98. The molecule has 0 heterocycles. The predicted octanol–water partition coefficient (Wildman–Crippen LogP) is 1.10. The highest BCUT2D eigenvalue weighted by Gasteiger charge is 2.40. The molecule has 1 rings (SSSR count). The van der Waals surface area contributed by atoms with Crippen LogP contribution in [-0.4, -0.2) is 30.9 Å². The zero-order chi connectivity index (χ0) is 12.8. The molecule has 1 aliphatic carbocycles. The number of ketones is 1. The van der Waals surface area contributed by atoms with Crippen molar-refractivity contribution in [2.75, 3.05) is 13.2 Å². The monoisotopic (exact) mass is 242 g/mol. The summed E-state index contributed by atoms with van der Waals surface area (Å²) in [4.78, 5) is 35.0. The van der Waals surface area contributed by atoms with Crippen LogP contribution in [0.3, 0.4) is 0 Å².